The van der Waals surface area contributed by atoms with E-state index in [1.54, 1.807) is 30.6 Å². The fourth-order valence-corrected chi connectivity index (χ4v) is 3.45. The molecule has 6 nitrogen and oxygen atoms in total. The van der Waals surface area contributed by atoms with Crippen LogP contribution in [0.1, 0.15) is 27.9 Å². The molecule has 2 atom stereocenters. The number of aryl methyl sites for hydroxylation is 1. The molecule has 2 heterocycles. The zero-order valence-electron chi connectivity index (χ0n) is 14.2. The SMILES string of the molecule is [B]c1ccc2c(c1)[C@]1(CC1F)CN(CC(=O)Nc1ncc(C)cn1)C2=O. The van der Waals surface area contributed by atoms with Crippen LogP contribution < -0.4 is 10.8 Å². The quantitative estimate of drug-likeness (QED) is 0.825. The average Bonchev–Trinajstić information content (AvgIpc) is 3.25. The van der Waals surface area contributed by atoms with E-state index in [2.05, 4.69) is 15.3 Å². The highest BCUT2D eigenvalue weighted by Gasteiger charge is 2.61. The predicted octanol–water partition coefficient (Wildman–Crippen LogP) is 0.653. The lowest BCUT2D eigenvalue weighted by Crippen LogP contribution is -2.48. The van der Waals surface area contributed by atoms with Crippen LogP contribution in [0.3, 0.4) is 0 Å². The third kappa shape index (κ3) is 2.75. The Morgan fingerprint density at radius 3 is 2.77 bits per heavy atom. The Labute approximate surface area is 151 Å². The van der Waals surface area contributed by atoms with Crippen LogP contribution in [-0.4, -0.2) is 53.8 Å². The van der Waals surface area contributed by atoms with E-state index in [-0.39, 0.29) is 24.9 Å². The van der Waals surface area contributed by atoms with E-state index in [0.717, 1.165) is 5.56 Å². The summed E-state index contributed by atoms with van der Waals surface area (Å²) in [6.07, 6.45) is 2.46. The second-order valence-corrected chi connectivity index (χ2v) is 6.93. The molecule has 0 bridgehead atoms. The van der Waals surface area contributed by atoms with Gasteiger partial charge in [0.2, 0.25) is 11.9 Å². The summed E-state index contributed by atoms with van der Waals surface area (Å²) in [6.45, 7) is 1.81. The van der Waals surface area contributed by atoms with Crippen LogP contribution in [0.5, 0.6) is 0 Å². The van der Waals surface area contributed by atoms with Crippen LogP contribution in [0.25, 0.3) is 0 Å². The molecule has 1 aromatic heterocycles. The van der Waals surface area contributed by atoms with Gasteiger partial charge in [0.05, 0.1) is 0 Å². The van der Waals surface area contributed by atoms with E-state index in [0.29, 0.717) is 23.0 Å². The summed E-state index contributed by atoms with van der Waals surface area (Å²) >= 11 is 0. The maximum absolute atomic E-state index is 14.2. The van der Waals surface area contributed by atoms with E-state index in [1.165, 1.54) is 4.90 Å². The van der Waals surface area contributed by atoms with Crippen LogP contribution in [0, 0.1) is 6.92 Å². The third-order valence-corrected chi connectivity index (χ3v) is 4.92. The number of halogens is 1. The number of benzene rings is 1. The van der Waals surface area contributed by atoms with Gasteiger partial charge in [-0.2, -0.15) is 0 Å². The Hall–Kier alpha value is -2.77. The second-order valence-electron chi connectivity index (χ2n) is 6.93. The van der Waals surface area contributed by atoms with Crippen molar-refractivity contribution in [3.8, 4) is 0 Å². The van der Waals surface area contributed by atoms with Crippen LogP contribution >= 0.6 is 0 Å². The molecule has 2 radical (unpaired) electrons. The summed E-state index contributed by atoms with van der Waals surface area (Å²) in [5, 5.41) is 2.56. The summed E-state index contributed by atoms with van der Waals surface area (Å²) in [7, 11) is 5.81. The number of hydrogen-bond acceptors (Lipinski definition) is 4. The van der Waals surface area contributed by atoms with E-state index < -0.39 is 17.5 Å². The van der Waals surface area contributed by atoms with E-state index >= 15 is 0 Å². The molecule has 1 N–H and O–H groups in total. The van der Waals surface area contributed by atoms with Crippen molar-refractivity contribution in [2.45, 2.75) is 24.9 Å². The Bertz CT molecular complexity index is 905. The van der Waals surface area contributed by atoms with Gasteiger partial charge >= 0.3 is 0 Å². The molecule has 1 fully saturated rings. The lowest BCUT2D eigenvalue weighted by atomic mass is 9.82. The van der Waals surface area contributed by atoms with Gasteiger partial charge in [-0.05, 0) is 30.5 Å². The third-order valence-electron chi connectivity index (χ3n) is 4.92. The minimum atomic E-state index is -1.04. The standard InChI is InChI=1S/C18H16BFN4O2/c1-10-6-21-17(22-7-10)23-15(25)8-24-9-18(5-14(18)20)13-4-11(19)2-3-12(13)16(24)26/h2-4,6-7,14H,5,8-9H2,1H3,(H,21,22,23,25)/t14?,18-/m0/s1. The molecule has 2 aromatic rings. The molecule has 0 saturated heterocycles. The van der Waals surface area contributed by atoms with Gasteiger partial charge in [-0.1, -0.05) is 17.6 Å². The number of hydrogen-bond donors (Lipinski definition) is 1. The molecule has 1 unspecified atom stereocenters. The van der Waals surface area contributed by atoms with Gasteiger partial charge in [0.1, 0.15) is 20.6 Å². The molecule has 26 heavy (non-hydrogen) atoms. The highest BCUT2D eigenvalue weighted by atomic mass is 19.1. The fourth-order valence-electron chi connectivity index (χ4n) is 3.45. The molecule has 4 rings (SSSR count). The minimum Gasteiger partial charge on any atom is -0.328 e. The average molecular weight is 350 g/mol. The van der Waals surface area contributed by atoms with Crippen molar-refractivity contribution >= 4 is 31.1 Å². The Kier molecular flexibility index (Phi) is 3.79. The molecule has 1 aliphatic heterocycles. The second kappa shape index (κ2) is 5.90. The number of fused-ring (bicyclic) bond motifs is 2. The zero-order valence-corrected chi connectivity index (χ0v) is 14.2. The maximum atomic E-state index is 14.2. The van der Waals surface area contributed by atoms with Gasteiger partial charge in [0, 0.05) is 29.9 Å². The topological polar surface area (TPSA) is 75.2 Å². The Morgan fingerprint density at radius 1 is 1.42 bits per heavy atom. The first-order chi connectivity index (χ1) is 12.4. The van der Waals surface area contributed by atoms with Crippen LogP contribution in [0.15, 0.2) is 30.6 Å². The molecular weight excluding hydrogens is 334 g/mol. The molecule has 1 aliphatic carbocycles. The lowest BCUT2D eigenvalue weighted by molar-refractivity contribution is -0.117. The maximum Gasteiger partial charge on any atom is 0.254 e. The summed E-state index contributed by atoms with van der Waals surface area (Å²) in [4.78, 5) is 34.4. The number of nitrogens with one attached hydrogen (secondary N) is 1. The van der Waals surface area contributed by atoms with Crippen molar-refractivity contribution in [2.24, 2.45) is 0 Å². The number of alkyl halides is 1. The first kappa shape index (κ1) is 16.7. The highest BCUT2D eigenvalue weighted by molar-refractivity contribution is 6.32. The van der Waals surface area contributed by atoms with Gasteiger partial charge in [-0.25, -0.2) is 14.4 Å². The number of carbonyl (C=O) groups excluding carboxylic acids is 2. The van der Waals surface area contributed by atoms with Crippen molar-refractivity contribution in [1.29, 1.82) is 0 Å². The summed E-state index contributed by atoms with van der Waals surface area (Å²) in [5.41, 5.74) is 1.67. The first-order valence-corrected chi connectivity index (χ1v) is 8.31. The summed E-state index contributed by atoms with van der Waals surface area (Å²) in [6, 6.07) is 4.89. The normalized spacial score (nSPS) is 23.7. The number of amides is 2. The molecule has 1 aromatic carbocycles. The Morgan fingerprint density at radius 2 is 2.12 bits per heavy atom. The number of aromatic nitrogens is 2. The van der Waals surface area contributed by atoms with Gasteiger partial charge < -0.3 is 4.90 Å². The number of nitrogens with zero attached hydrogens (tertiary/aromatic N) is 3. The largest absolute Gasteiger partial charge is 0.328 e. The minimum absolute atomic E-state index is 0.158. The molecule has 2 aliphatic rings. The summed E-state index contributed by atoms with van der Waals surface area (Å²) in [5.74, 6) is -0.556. The van der Waals surface area contributed by atoms with E-state index in [9.17, 15) is 14.0 Å². The number of rotatable bonds is 3. The van der Waals surface area contributed by atoms with Crippen molar-refractivity contribution in [3.63, 3.8) is 0 Å². The molecule has 8 heteroatoms. The molecule has 1 spiro atoms. The Balaban J connectivity index is 1.54. The predicted molar refractivity (Wildman–Crippen MR) is 94.3 cm³/mol. The van der Waals surface area contributed by atoms with E-state index in [1.807, 2.05) is 6.92 Å². The smallest absolute Gasteiger partial charge is 0.254 e. The van der Waals surface area contributed by atoms with Crippen LogP contribution in [0.4, 0.5) is 10.3 Å². The van der Waals surface area contributed by atoms with Crippen molar-refractivity contribution in [1.82, 2.24) is 14.9 Å². The lowest BCUT2D eigenvalue weighted by Gasteiger charge is -2.34. The molecule has 2 amide bonds. The van der Waals surface area contributed by atoms with E-state index in [4.69, 9.17) is 7.85 Å². The highest BCUT2D eigenvalue weighted by Crippen LogP contribution is 2.54. The molecule has 130 valence electrons. The van der Waals surface area contributed by atoms with Gasteiger partial charge in [-0.3, -0.25) is 14.9 Å². The van der Waals surface area contributed by atoms with Crippen molar-refractivity contribution in [2.75, 3.05) is 18.4 Å². The van der Waals surface area contributed by atoms with Crippen LogP contribution in [-0.2, 0) is 10.2 Å². The molecular formula is C18H16BFN4O2. The zero-order chi connectivity index (χ0) is 18.5. The van der Waals surface area contributed by atoms with Gasteiger partial charge in [0.15, 0.2) is 0 Å². The monoisotopic (exact) mass is 350 g/mol. The van der Waals surface area contributed by atoms with Crippen LogP contribution in [0.2, 0.25) is 0 Å². The van der Waals surface area contributed by atoms with Crippen molar-refractivity contribution in [3.05, 3.63) is 47.3 Å². The van der Waals surface area contributed by atoms with Gasteiger partial charge in [-0.15, -0.1) is 0 Å². The van der Waals surface area contributed by atoms with Crippen molar-refractivity contribution < 1.29 is 14.0 Å². The van der Waals surface area contributed by atoms with Gasteiger partial charge in [0.25, 0.3) is 5.91 Å². The number of anilines is 1. The molecule has 1 saturated carbocycles. The number of carbonyl (C=O) groups is 2. The first-order valence-electron chi connectivity index (χ1n) is 8.31. The fraction of sp³-hybridized carbons (Fsp3) is 0.333. The summed E-state index contributed by atoms with van der Waals surface area (Å²) < 4.78 is 14.2.